The fraction of sp³-hybridized carbons (Fsp3) is 0.571. The van der Waals surface area contributed by atoms with Crippen LogP contribution in [0.2, 0.25) is 0 Å². The van der Waals surface area contributed by atoms with E-state index in [1.807, 2.05) is 24.3 Å². The number of methoxy groups -OCH3 is 1. The fourth-order valence-corrected chi connectivity index (χ4v) is 1.78. The molecule has 3 nitrogen and oxygen atoms in total. The van der Waals surface area contributed by atoms with E-state index in [2.05, 4.69) is 19.2 Å². The van der Waals surface area contributed by atoms with Crippen LogP contribution in [0.5, 0.6) is 11.5 Å². The minimum absolute atomic E-state index is 0.0150. The summed E-state index contributed by atoms with van der Waals surface area (Å²) in [6.07, 6.45) is 2.23. The molecule has 0 amide bonds. The monoisotopic (exact) mass is 235 g/mol. The van der Waals surface area contributed by atoms with Gasteiger partial charge in [-0.05, 0) is 25.0 Å². The molecule has 2 rings (SSSR count). The number of hydrogen-bond acceptors (Lipinski definition) is 3. The van der Waals surface area contributed by atoms with E-state index in [0.29, 0.717) is 6.04 Å². The van der Waals surface area contributed by atoms with E-state index in [1.165, 1.54) is 0 Å². The second-order valence-electron chi connectivity index (χ2n) is 4.97. The van der Waals surface area contributed by atoms with Crippen molar-refractivity contribution in [2.45, 2.75) is 38.3 Å². The van der Waals surface area contributed by atoms with Crippen molar-refractivity contribution in [3.8, 4) is 11.5 Å². The molecule has 1 aromatic carbocycles. The Balaban J connectivity index is 2.00. The van der Waals surface area contributed by atoms with E-state index < -0.39 is 0 Å². The summed E-state index contributed by atoms with van der Waals surface area (Å²) in [6.45, 7) is 5.21. The van der Waals surface area contributed by atoms with Crippen LogP contribution in [0.25, 0.3) is 0 Å². The maximum atomic E-state index is 6.10. The molecule has 1 fully saturated rings. The second kappa shape index (κ2) is 4.96. The van der Waals surface area contributed by atoms with Gasteiger partial charge in [-0.2, -0.15) is 0 Å². The number of para-hydroxylation sites is 2. The molecule has 0 spiro atoms. The Morgan fingerprint density at radius 1 is 1.24 bits per heavy atom. The maximum absolute atomic E-state index is 6.10. The van der Waals surface area contributed by atoms with E-state index in [1.54, 1.807) is 7.11 Å². The third-order valence-corrected chi connectivity index (χ3v) is 3.04. The summed E-state index contributed by atoms with van der Waals surface area (Å²) in [5.41, 5.74) is -0.0150. The topological polar surface area (TPSA) is 30.5 Å². The molecule has 0 unspecified atom stereocenters. The van der Waals surface area contributed by atoms with E-state index in [9.17, 15) is 0 Å². The van der Waals surface area contributed by atoms with Crippen molar-refractivity contribution in [1.29, 1.82) is 0 Å². The molecule has 3 heteroatoms. The zero-order valence-electron chi connectivity index (χ0n) is 10.8. The van der Waals surface area contributed by atoms with E-state index in [-0.39, 0.29) is 5.60 Å². The molecule has 1 aliphatic carbocycles. The van der Waals surface area contributed by atoms with Gasteiger partial charge >= 0.3 is 0 Å². The molecular formula is C14H21NO2. The smallest absolute Gasteiger partial charge is 0.162 e. The van der Waals surface area contributed by atoms with Crippen LogP contribution in [0.15, 0.2) is 24.3 Å². The van der Waals surface area contributed by atoms with Crippen LogP contribution < -0.4 is 14.8 Å². The number of hydrogen-bond donors (Lipinski definition) is 1. The van der Waals surface area contributed by atoms with Gasteiger partial charge in [-0.15, -0.1) is 0 Å². The predicted octanol–water partition coefficient (Wildman–Crippen LogP) is 2.60. The molecule has 0 bridgehead atoms. The highest BCUT2D eigenvalue weighted by atomic mass is 16.5. The van der Waals surface area contributed by atoms with Crippen LogP contribution in [-0.4, -0.2) is 25.3 Å². The maximum Gasteiger partial charge on any atom is 0.162 e. The van der Waals surface area contributed by atoms with Crippen molar-refractivity contribution in [3.05, 3.63) is 24.3 Å². The summed E-state index contributed by atoms with van der Waals surface area (Å²) < 4.78 is 11.4. The Morgan fingerprint density at radius 2 is 1.88 bits per heavy atom. The summed E-state index contributed by atoms with van der Waals surface area (Å²) >= 11 is 0. The van der Waals surface area contributed by atoms with Crippen molar-refractivity contribution < 1.29 is 9.47 Å². The van der Waals surface area contributed by atoms with Crippen LogP contribution in [-0.2, 0) is 0 Å². The lowest BCUT2D eigenvalue weighted by Crippen LogP contribution is -2.37. The Kier molecular flexibility index (Phi) is 3.57. The first-order chi connectivity index (χ1) is 8.15. The van der Waals surface area contributed by atoms with Gasteiger partial charge in [-0.3, -0.25) is 0 Å². The van der Waals surface area contributed by atoms with Crippen LogP contribution >= 0.6 is 0 Å². The van der Waals surface area contributed by atoms with Gasteiger partial charge in [-0.25, -0.2) is 0 Å². The van der Waals surface area contributed by atoms with Gasteiger partial charge in [0.05, 0.1) is 7.11 Å². The van der Waals surface area contributed by atoms with Gasteiger partial charge in [0.1, 0.15) is 5.60 Å². The molecule has 94 valence electrons. The minimum atomic E-state index is -0.0150. The van der Waals surface area contributed by atoms with E-state index in [4.69, 9.17) is 9.47 Å². The van der Waals surface area contributed by atoms with Crippen LogP contribution in [0.3, 0.4) is 0 Å². The number of nitrogens with one attached hydrogen (secondary N) is 1. The Morgan fingerprint density at radius 3 is 2.41 bits per heavy atom. The van der Waals surface area contributed by atoms with E-state index >= 15 is 0 Å². The average Bonchev–Trinajstić information content (AvgIpc) is 3.08. The minimum Gasteiger partial charge on any atom is -0.493 e. The number of ether oxygens (including phenoxy) is 2. The molecule has 0 heterocycles. The lowest BCUT2D eigenvalue weighted by molar-refractivity contribution is 0.165. The summed E-state index contributed by atoms with van der Waals surface area (Å²) in [5, 5.41) is 3.44. The van der Waals surface area contributed by atoms with Gasteiger partial charge in [0, 0.05) is 12.6 Å². The van der Waals surface area contributed by atoms with E-state index in [0.717, 1.165) is 30.9 Å². The standard InChI is InChI=1S/C14H21NO2/c1-11(2)15-10-14(8-9-14)17-13-7-5-4-6-12(13)16-3/h4-7,11,15H,8-10H2,1-3H3. The zero-order chi connectivity index (χ0) is 12.3. The summed E-state index contributed by atoms with van der Waals surface area (Å²) in [5.74, 6) is 1.65. The van der Waals surface area contributed by atoms with Gasteiger partial charge in [0.2, 0.25) is 0 Å². The van der Waals surface area contributed by atoms with Crippen molar-refractivity contribution in [2.75, 3.05) is 13.7 Å². The van der Waals surface area contributed by atoms with Crippen LogP contribution in [0.1, 0.15) is 26.7 Å². The highest BCUT2D eigenvalue weighted by Crippen LogP contribution is 2.42. The second-order valence-corrected chi connectivity index (χ2v) is 4.97. The summed E-state index contributed by atoms with van der Waals surface area (Å²) in [4.78, 5) is 0. The Bertz CT molecular complexity index is 372. The molecule has 1 aliphatic rings. The first kappa shape index (κ1) is 12.2. The van der Waals surface area contributed by atoms with Crippen molar-refractivity contribution in [2.24, 2.45) is 0 Å². The third-order valence-electron chi connectivity index (χ3n) is 3.04. The van der Waals surface area contributed by atoms with Gasteiger partial charge < -0.3 is 14.8 Å². The van der Waals surface area contributed by atoms with Crippen LogP contribution in [0, 0.1) is 0 Å². The van der Waals surface area contributed by atoms with Crippen molar-refractivity contribution >= 4 is 0 Å². The Hall–Kier alpha value is -1.22. The number of rotatable bonds is 6. The largest absolute Gasteiger partial charge is 0.493 e. The lowest BCUT2D eigenvalue weighted by Gasteiger charge is -2.21. The normalized spacial score (nSPS) is 16.9. The van der Waals surface area contributed by atoms with Crippen molar-refractivity contribution in [1.82, 2.24) is 5.32 Å². The average molecular weight is 235 g/mol. The SMILES string of the molecule is COc1ccccc1OC1(CNC(C)C)CC1. The fourth-order valence-electron chi connectivity index (χ4n) is 1.78. The molecule has 0 aliphatic heterocycles. The molecule has 1 saturated carbocycles. The molecule has 17 heavy (non-hydrogen) atoms. The number of benzene rings is 1. The quantitative estimate of drug-likeness (QED) is 0.822. The summed E-state index contributed by atoms with van der Waals surface area (Å²) in [6, 6.07) is 8.32. The Labute approximate surface area is 103 Å². The molecule has 1 aromatic rings. The molecule has 0 aromatic heterocycles. The van der Waals surface area contributed by atoms with Gasteiger partial charge in [0.15, 0.2) is 11.5 Å². The molecular weight excluding hydrogens is 214 g/mol. The lowest BCUT2D eigenvalue weighted by atomic mass is 10.2. The predicted molar refractivity (Wildman–Crippen MR) is 68.7 cm³/mol. The molecule has 1 N–H and O–H groups in total. The summed E-state index contributed by atoms with van der Waals surface area (Å²) in [7, 11) is 1.67. The van der Waals surface area contributed by atoms with Crippen molar-refractivity contribution in [3.63, 3.8) is 0 Å². The molecule has 0 saturated heterocycles. The molecule has 0 radical (unpaired) electrons. The molecule has 0 atom stereocenters. The highest BCUT2D eigenvalue weighted by Gasteiger charge is 2.45. The van der Waals surface area contributed by atoms with Crippen LogP contribution in [0.4, 0.5) is 0 Å². The zero-order valence-corrected chi connectivity index (χ0v) is 10.8. The first-order valence-corrected chi connectivity index (χ1v) is 6.21. The first-order valence-electron chi connectivity index (χ1n) is 6.21. The van der Waals surface area contributed by atoms with Gasteiger partial charge in [0.25, 0.3) is 0 Å². The highest BCUT2D eigenvalue weighted by molar-refractivity contribution is 5.40. The third kappa shape index (κ3) is 3.13. The van der Waals surface area contributed by atoms with Gasteiger partial charge in [-0.1, -0.05) is 26.0 Å².